The largest absolute Gasteiger partial charge is 0.481 e. The fourth-order valence-electron chi connectivity index (χ4n) is 4.43. The molecule has 1 aliphatic heterocycles. The first-order valence-electron chi connectivity index (χ1n) is 11.0. The van der Waals surface area contributed by atoms with Crippen LogP contribution in [-0.4, -0.2) is 53.0 Å². The van der Waals surface area contributed by atoms with Crippen LogP contribution in [0.5, 0.6) is 0 Å². The predicted octanol–water partition coefficient (Wildman–Crippen LogP) is 4.14. The Morgan fingerprint density at radius 2 is 1.97 bits per heavy atom. The number of fused-ring (bicyclic) bond motifs is 1. The summed E-state index contributed by atoms with van der Waals surface area (Å²) in [6.45, 7) is 2.49. The van der Waals surface area contributed by atoms with E-state index in [1.807, 2.05) is 6.07 Å². The van der Waals surface area contributed by atoms with E-state index in [0.29, 0.717) is 47.0 Å². The van der Waals surface area contributed by atoms with Gasteiger partial charge in [0.05, 0.1) is 10.9 Å². The fraction of sp³-hybridized carbons (Fsp3) is 0.320. The summed E-state index contributed by atoms with van der Waals surface area (Å²) in [5.41, 5.74) is 1.61. The molecule has 2 atom stereocenters. The number of carboxylic acids is 1. The molecule has 1 amide bonds. The average Bonchev–Trinajstić information content (AvgIpc) is 2.83. The summed E-state index contributed by atoms with van der Waals surface area (Å²) >= 11 is 6.25. The molecule has 9 heteroatoms. The van der Waals surface area contributed by atoms with Crippen molar-refractivity contribution in [1.82, 2.24) is 9.88 Å². The minimum atomic E-state index is -0.885. The molecule has 4 rings (SSSR count). The van der Waals surface area contributed by atoms with Gasteiger partial charge in [-0.1, -0.05) is 17.7 Å². The van der Waals surface area contributed by atoms with Crippen molar-refractivity contribution in [2.24, 2.45) is 5.92 Å². The number of aromatic amines is 1. The summed E-state index contributed by atoms with van der Waals surface area (Å²) < 4.78 is 13.5. The Morgan fingerprint density at radius 3 is 2.68 bits per heavy atom. The number of likely N-dealkylation sites (tertiary alicyclic amines) is 1. The molecule has 2 N–H and O–H groups in total. The number of rotatable bonds is 5. The van der Waals surface area contributed by atoms with Crippen molar-refractivity contribution in [2.45, 2.75) is 25.8 Å². The van der Waals surface area contributed by atoms with Crippen LogP contribution < -0.4 is 10.5 Å². The van der Waals surface area contributed by atoms with Crippen LogP contribution in [0.3, 0.4) is 0 Å². The Morgan fingerprint density at radius 1 is 1.21 bits per heavy atom. The maximum atomic E-state index is 13.5. The van der Waals surface area contributed by atoms with Gasteiger partial charge >= 0.3 is 5.97 Å². The summed E-state index contributed by atoms with van der Waals surface area (Å²) in [7, 11) is 1.76. The van der Waals surface area contributed by atoms with Crippen LogP contribution in [-0.2, 0) is 9.59 Å². The lowest BCUT2D eigenvalue weighted by atomic mass is 9.97. The Bertz CT molecular complexity index is 1330. The van der Waals surface area contributed by atoms with Gasteiger partial charge in [-0.2, -0.15) is 0 Å². The van der Waals surface area contributed by atoms with Gasteiger partial charge in [-0.25, -0.2) is 4.39 Å². The third kappa shape index (κ3) is 4.50. The van der Waals surface area contributed by atoms with Crippen LogP contribution in [0.25, 0.3) is 21.9 Å². The van der Waals surface area contributed by atoms with Crippen LogP contribution >= 0.6 is 11.6 Å². The molecule has 0 radical (unpaired) electrons. The Kier molecular flexibility index (Phi) is 6.61. The van der Waals surface area contributed by atoms with Crippen molar-refractivity contribution >= 4 is 39.9 Å². The number of likely N-dealkylation sites (N-methyl/N-ethyl adjacent to an activating group) is 1. The number of anilines is 1. The number of carbonyl (C=O) groups is 2. The topological polar surface area (TPSA) is 93.7 Å². The molecule has 178 valence electrons. The number of H-pyrrole nitrogens is 1. The molecule has 0 spiro atoms. The molecular formula is C25H25ClFN3O4. The third-order valence-corrected chi connectivity index (χ3v) is 6.85. The van der Waals surface area contributed by atoms with Gasteiger partial charge in [-0.3, -0.25) is 14.4 Å². The minimum Gasteiger partial charge on any atom is -0.481 e. The molecular weight excluding hydrogens is 461 g/mol. The van der Waals surface area contributed by atoms with Gasteiger partial charge in [0.2, 0.25) is 5.91 Å². The van der Waals surface area contributed by atoms with Crippen molar-refractivity contribution in [3.8, 4) is 11.1 Å². The zero-order valence-corrected chi connectivity index (χ0v) is 19.6. The highest BCUT2D eigenvalue weighted by Crippen LogP contribution is 2.34. The monoisotopic (exact) mass is 485 g/mol. The zero-order chi connectivity index (χ0) is 24.6. The van der Waals surface area contributed by atoms with Crippen LogP contribution in [0.1, 0.15) is 19.8 Å². The smallest absolute Gasteiger partial charge is 0.308 e. The highest BCUT2D eigenvalue weighted by Gasteiger charge is 2.31. The first kappa shape index (κ1) is 23.8. The lowest BCUT2D eigenvalue weighted by molar-refractivity contribution is -0.145. The number of hydrogen-bond donors (Lipinski definition) is 2. The van der Waals surface area contributed by atoms with Crippen LogP contribution in [0.15, 0.2) is 47.4 Å². The second-order valence-corrected chi connectivity index (χ2v) is 9.04. The Labute approximate surface area is 200 Å². The number of amides is 1. The molecule has 1 aliphatic rings. The standard InChI is InChI=1S/C25H25ClFN3O4/c1-14(24(32)30-9-3-4-15(13-30)25(33)34)29(2)17-6-8-18-20(11-17)23(31)28-12-21(18)19-7-5-16(27)10-22(19)26/h5-8,10-12,14-15H,3-4,9,13H2,1-2H3,(H,28,31)(H,33,34)/t14-,15+/m1/s1. The van der Waals surface area contributed by atoms with Crippen molar-refractivity contribution < 1.29 is 19.1 Å². The minimum absolute atomic E-state index is 0.158. The molecule has 1 fully saturated rings. The van der Waals surface area contributed by atoms with E-state index in [2.05, 4.69) is 4.98 Å². The normalized spacial score (nSPS) is 16.9. The first-order chi connectivity index (χ1) is 16.2. The zero-order valence-electron chi connectivity index (χ0n) is 18.8. The second kappa shape index (κ2) is 9.46. The number of benzene rings is 2. The van der Waals surface area contributed by atoms with E-state index < -0.39 is 23.7 Å². The van der Waals surface area contributed by atoms with Gasteiger partial charge in [0.25, 0.3) is 5.56 Å². The Hall–Kier alpha value is -3.39. The first-order valence-corrected chi connectivity index (χ1v) is 11.4. The van der Waals surface area contributed by atoms with E-state index in [-0.39, 0.29) is 23.0 Å². The van der Waals surface area contributed by atoms with Crippen molar-refractivity contribution in [3.63, 3.8) is 0 Å². The number of piperidine rings is 1. The van der Waals surface area contributed by atoms with Crippen LogP contribution in [0, 0.1) is 11.7 Å². The van der Waals surface area contributed by atoms with E-state index in [0.717, 1.165) is 0 Å². The molecule has 7 nitrogen and oxygen atoms in total. The van der Waals surface area contributed by atoms with Crippen molar-refractivity contribution in [2.75, 3.05) is 25.0 Å². The van der Waals surface area contributed by atoms with Gasteiger partial charge in [-0.15, -0.1) is 0 Å². The lowest BCUT2D eigenvalue weighted by Gasteiger charge is -2.35. The third-order valence-electron chi connectivity index (χ3n) is 6.53. The maximum absolute atomic E-state index is 13.5. The van der Waals surface area contributed by atoms with E-state index in [9.17, 15) is 23.9 Å². The second-order valence-electron chi connectivity index (χ2n) is 8.63. The molecule has 0 aliphatic carbocycles. The number of aliphatic carboxylic acids is 1. The number of aromatic nitrogens is 1. The summed E-state index contributed by atoms with van der Waals surface area (Å²) in [5, 5.41) is 10.6. The molecule has 0 saturated carbocycles. The molecule has 3 aromatic rings. The number of nitrogens with one attached hydrogen (secondary N) is 1. The summed E-state index contributed by atoms with van der Waals surface area (Å²) in [6, 6.07) is 8.83. The van der Waals surface area contributed by atoms with Gasteiger partial charge in [-0.05, 0) is 55.5 Å². The molecule has 1 aromatic heterocycles. The van der Waals surface area contributed by atoms with Crippen LogP contribution in [0.2, 0.25) is 5.02 Å². The quantitative estimate of drug-likeness (QED) is 0.566. The van der Waals surface area contributed by atoms with Gasteiger partial charge < -0.3 is 19.9 Å². The van der Waals surface area contributed by atoms with Gasteiger partial charge in [0.15, 0.2) is 0 Å². The van der Waals surface area contributed by atoms with Crippen molar-refractivity contribution in [3.05, 3.63) is 63.8 Å². The van der Waals surface area contributed by atoms with Gasteiger partial charge in [0.1, 0.15) is 11.9 Å². The Balaban J connectivity index is 1.64. The number of carboxylic acid groups (broad SMARTS) is 1. The number of nitrogens with zero attached hydrogens (tertiary/aromatic N) is 2. The molecule has 34 heavy (non-hydrogen) atoms. The van der Waals surface area contributed by atoms with Crippen molar-refractivity contribution in [1.29, 1.82) is 0 Å². The number of hydrogen-bond acceptors (Lipinski definition) is 4. The molecule has 0 unspecified atom stereocenters. The van der Waals surface area contributed by atoms with E-state index in [1.165, 1.54) is 12.1 Å². The van der Waals surface area contributed by atoms with E-state index in [4.69, 9.17) is 11.6 Å². The number of halogens is 2. The predicted molar refractivity (Wildman–Crippen MR) is 130 cm³/mol. The number of carbonyl (C=O) groups excluding carboxylic acids is 1. The summed E-state index contributed by atoms with van der Waals surface area (Å²) in [4.78, 5) is 43.2. The summed E-state index contributed by atoms with van der Waals surface area (Å²) in [6.07, 6.45) is 2.77. The molecule has 0 bridgehead atoms. The lowest BCUT2D eigenvalue weighted by Crippen LogP contribution is -2.50. The number of pyridine rings is 1. The van der Waals surface area contributed by atoms with Gasteiger partial charge in [0, 0.05) is 48.5 Å². The molecule has 2 heterocycles. The fourth-order valence-corrected chi connectivity index (χ4v) is 4.70. The highest BCUT2D eigenvalue weighted by atomic mass is 35.5. The van der Waals surface area contributed by atoms with E-state index >= 15 is 0 Å². The maximum Gasteiger partial charge on any atom is 0.308 e. The van der Waals surface area contributed by atoms with E-state index in [1.54, 1.807) is 48.2 Å². The molecule has 1 saturated heterocycles. The molecule has 2 aromatic carbocycles. The summed E-state index contributed by atoms with van der Waals surface area (Å²) in [5.74, 6) is -2.04. The SMILES string of the molecule is C[C@H](C(=O)N1CCC[C@H](C(=O)O)C1)N(C)c1ccc2c(-c3ccc(F)cc3Cl)c[nH]c(=O)c2c1. The highest BCUT2D eigenvalue weighted by molar-refractivity contribution is 6.33. The average molecular weight is 486 g/mol. The van der Waals surface area contributed by atoms with Crippen LogP contribution in [0.4, 0.5) is 10.1 Å².